The van der Waals surface area contributed by atoms with E-state index in [9.17, 15) is 10.1 Å². The minimum atomic E-state index is -0.0292. The van der Waals surface area contributed by atoms with E-state index >= 15 is 0 Å². The van der Waals surface area contributed by atoms with Gasteiger partial charge in [0.15, 0.2) is 0 Å². The molecule has 3 saturated carbocycles. The Hall–Kier alpha value is -1.38. The highest BCUT2D eigenvalue weighted by Crippen LogP contribution is 2.46. The van der Waals surface area contributed by atoms with E-state index in [0.717, 1.165) is 36.8 Å². The summed E-state index contributed by atoms with van der Waals surface area (Å²) in [5, 5.41) is 12.2. The van der Waals surface area contributed by atoms with Crippen LogP contribution in [0.2, 0.25) is 0 Å². The molecule has 0 atom stereocenters. The zero-order valence-corrected chi connectivity index (χ0v) is 16.8. The second-order valence-electron chi connectivity index (χ2n) is 9.31. The van der Waals surface area contributed by atoms with Crippen LogP contribution in [-0.2, 0) is 0 Å². The predicted molar refractivity (Wildman–Crippen MR) is 111 cm³/mol. The number of hydrogen-bond donors (Lipinski definition) is 0. The molecule has 0 aliphatic heterocycles. The Labute approximate surface area is 164 Å². The molecule has 0 aromatic heterocycles. The van der Waals surface area contributed by atoms with Crippen molar-refractivity contribution in [3.05, 3.63) is 38.9 Å². The lowest BCUT2D eigenvalue weighted by Gasteiger charge is -2.29. The second kappa shape index (κ2) is 8.75. The van der Waals surface area contributed by atoms with Gasteiger partial charge in [-0.25, -0.2) is 0 Å². The summed E-state index contributed by atoms with van der Waals surface area (Å²) in [7, 11) is 0. The highest BCUT2D eigenvalue weighted by atomic mass is 16.6. The van der Waals surface area contributed by atoms with Crippen LogP contribution in [0.1, 0.15) is 131 Å². The van der Waals surface area contributed by atoms with Gasteiger partial charge in [-0.3, -0.25) is 10.1 Å². The van der Waals surface area contributed by atoms with Crippen molar-refractivity contribution < 1.29 is 4.92 Å². The molecule has 0 spiro atoms. The minimum Gasteiger partial charge on any atom is -0.258 e. The van der Waals surface area contributed by atoms with Crippen LogP contribution in [0.5, 0.6) is 0 Å². The number of benzene rings is 1. The molecule has 3 heteroatoms. The quantitative estimate of drug-likeness (QED) is 0.402. The average molecular weight is 370 g/mol. The summed E-state index contributed by atoms with van der Waals surface area (Å²) in [6.45, 7) is 0. The van der Waals surface area contributed by atoms with Crippen molar-refractivity contribution in [2.45, 2.75) is 114 Å². The van der Waals surface area contributed by atoms with Gasteiger partial charge in [-0.05, 0) is 74.0 Å². The zero-order valence-electron chi connectivity index (χ0n) is 16.8. The molecule has 0 bridgehead atoms. The smallest absolute Gasteiger partial charge is 0.258 e. The molecule has 3 fully saturated rings. The molecular weight excluding hydrogens is 334 g/mol. The van der Waals surface area contributed by atoms with Crippen LogP contribution < -0.4 is 0 Å². The molecule has 148 valence electrons. The van der Waals surface area contributed by atoms with Crippen molar-refractivity contribution in [1.82, 2.24) is 0 Å². The topological polar surface area (TPSA) is 43.1 Å². The lowest BCUT2D eigenvalue weighted by Crippen LogP contribution is -2.15. The molecule has 0 unspecified atom stereocenters. The van der Waals surface area contributed by atoms with Crippen LogP contribution in [-0.4, -0.2) is 4.92 Å². The van der Waals surface area contributed by atoms with Crippen LogP contribution in [0.25, 0.3) is 0 Å². The zero-order chi connectivity index (χ0) is 18.6. The van der Waals surface area contributed by atoms with Crippen molar-refractivity contribution >= 4 is 5.69 Å². The summed E-state index contributed by atoms with van der Waals surface area (Å²) in [6.07, 6.45) is 18.6. The Morgan fingerprint density at radius 3 is 1.37 bits per heavy atom. The van der Waals surface area contributed by atoms with Crippen LogP contribution >= 0.6 is 0 Å². The molecule has 4 rings (SSSR count). The highest BCUT2D eigenvalue weighted by molar-refractivity contribution is 5.54. The van der Waals surface area contributed by atoms with Crippen LogP contribution in [0.15, 0.2) is 12.1 Å². The molecule has 0 saturated heterocycles. The maximum atomic E-state index is 12.2. The van der Waals surface area contributed by atoms with Gasteiger partial charge in [0.1, 0.15) is 0 Å². The van der Waals surface area contributed by atoms with Gasteiger partial charge in [-0.2, -0.15) is 0 Å². The molecule has 3 aliphatic rings. The number of hydrogen-bond acceptors (Lipinski definition) is 2. The molecule has 0 heterocycles. The molecule has 0 amide bonds. The average Bonchev–Trinajstić information content (AvgIpc) is 2.74. The second-order valence-corrected chi connectivity index (χ2v) is 9.31. The van der Waals surface area contributed by atoms with Gasteiger partial charge in [0.2, 0.25) is 0 Å². The van der Waals surface area contributed by atoms with Gasteiger partial charge in [0.25, 0.3) is 5.69 Å². The van der Waals surface area contributed by atoms with Crippen LogP contribution in [0, 0.1) is 10.1 Å². The fourth-order valence-corrected chi connectivity index (χ4v) is 6.04. The Morgan fingerprint density at radius 1 is 0.630 bits per heavy atom. The molecule has 27 heavy (non-hydrogen) atoms. The number of nitro groups is 1. The van der Waals surface area contributed by atoms with Crippen molar-refractivity contribution in [2.75, 3.05) is 0 Å². The lowest BCUT2D eigenvalue weighted by molar-refractivity contribution is -0.386. The van der Waals surface area contributed by atoms with E-state index < -0.39 is 0 Å². The van der Waals surface area contributed by atoms with Crippen LogP contribution in [0.3, 0.4) is 0 Å². The third kappa shape index (κ3) is 4.22. The first-order chi connectivity index (χ1) is 13.2. The highest BCUT2D eigenvalue weighted by Gasteiger charge is 2.33. The molecule has 1 aromatic rings. The molecule has 3 aliphatic carbocycles. The summed E-state index contributed by atoms with van der Waals surface area (Å²) in [5.41, 5.74) is 4.14. The van der Waals surface area contributed by atoms with Crippen molar-refractivity contribution in [1.29, 1.82) is 0 Å². The Bertz CT molecular complexity index is 611. The van der Waals surface area contributed by atoms with Crippen molar-refractivity contribution in [3.63, 3.8) is 0 Å². The lowest BCUT2D eigenvalue weighted by atomic mass is 9.75. The first kappa shape index (κ1) is 19.0. The third-order valence-electron chi connectivity index (χ3n) is 7.54. The van der Waals surface area contributed by atoms with E-state index in [0.29, 0.717) is 23.4 Å². The monoisotopic (exact) mass is 369 g/mol. The standard InChI is InChI=1S/C24H35NO2/c26-25(27)24-22(19-12-6-2-7-13-19)16-21(18-10-4-1-5-11-18)17-23(24)20-14-8-3-9-15-20/h16-20H,1-15H2. The maximum absolute atomic E-state index is 12.2. The van der Waals surface area contributed by atoms with E-state index in [2.05, 4.69) is 12.1 Å². The molecule has 3 nitrogen and oxygen atoms in total. The first-order valence-corrected chi connectivity index (χ1v) is 11.6. The third-order valence-corrected chi connectivity index (χ3v) is 7.54. The van der Waals surface area contributed by atoms with Gasteiger partial charge in [0, 0.05) is 11.1 Å². The normalized spacial score (nSPS) is 23.4. The summed E-state index contributed by atoms with van der Waals surface area (Å²) < 4.78 is 0. The number of nitrogens with zero attached hydrogens (tertiary/aromatic N) is 1. The fraction of sp³-hybridized carbons (Fsp3) is 0.750. The SMILES string of the molecule is O=[N+]([O-])c1c(C2CCCCC2)cc(C2CCCCC2)cc1C1CCCCC1. The van der Waals surface area contributed by atoms with Gasteiger partial charge < -0.3 is 0 Å². The van der Waals surface area contributed by atoms with Gasteiger partial charge >= 0.3 is 0 Å². The predicted octanol–water partition coefficient (Wildman–Crippen LogP) is 7.74. The fourth-order valence-electron chi connectivity index (χ4n) is 6.04. The Morgan fingerprint density at radius 2 is 1.00 bits per heavy atom. The van der Waals surface area contributed by atoms with Gasteiger partial charge in [-0.15, -0.1) is 0 Å². The molecule has 0 N–H and O–H groups in total. The Kier molecular flexibility index (Phi) is 6.14. The first-order valence-electron chi connectivity index (χ1n) is 11.6. The van der Waals surface area contributed by atoms with E-state index in [-0.39, 0.29) is 4.92 Å². The van der Waals surface area contributed by atoms with Crippen LogP contribution in [0.4, 0.5) is 5.69 Å². The van der Waals surface area contributed by atoms with E-state index in [1.54, 1.807) is 0 Å². The van der Waals surface area contributed by atoms with Crippen molar-refractivity contribution in [2.24, 2.45) is 0 Å². The largest absolute Gasteiger partial charge is 0.276 e. The van der Waals surface area contributed by atoms with Gasteiger partial charge in [-0.1, -0.05) is 57.8 Å². The summed E-state index contributed by atoms with van der Waals surface area (Å²) in [6, 6.07) is 4.58. The number of nitro benzene ring substituents is 1. The number of rotatable bonds is 4. The Balaban J connectivity index is 1.79. The van der Waals surface area contributed by atoms with Gasteiger partial charge in [0.05, 0.1) is 4.92 Å². The molecule has 1 aromatic carbocycles. The molecular formula is C24H35NO2. The van der Waals surface area contributed by atoms with E-state index in [1.165, 1.54) is 76.2 Å². The van der Waals surface area contributed by atoms with Crippen molar-refractivity contribution in [3.8, 4) is 0 Å². The van der Waals surface area contributed by atoms with E-state index in [4.69, 9.17) is 0 Å². The molecule has 0 radical (unpaired) electrons. The summed E-state index contributed by atoms with van der Waals surface area (Å²) in [4.78, 5) is 12.2. The van der Waals surface area contributed by atoms with E-state index in [1.807, 2.05) is 0 Å². The minimum absolute atomic E-state index is 0.0292. The maximum Gasteiger partial charge on any atom is 0.276 e. The summed E-state index contributed by atoms with van der Waals surface area (Å²) >= 11 is 0. The summed E-state index contributed by atoms with van der Waals surface area (Å²) in [5.74, 6) is 1.44.